The largest absolute Gasteiger partial charge is 0.416 e. The summed E-state index contributed by atoms with van der Waals surface area (Å²) in [6.45, 7) is 0. The third-order valence-electron chi connectivity index (χ3n) is 4.70. The molecule has 0 fully saturated rings. The zero-order valence-electron chi connectivity index (χ0n) is 13.8. The normalized spacial score (nSPS) is 19.9. The van der Waals surface area contributed by atoms with Crippen LogP contribution in [-0.2, 0) is 17.4 Å². The Morgan fingerprint density at radius 2 is 2.00 bits per heavy atom. The molecule has 0 unspecified atom stereocenters. The molecule has 1 aromatic carbocycles. The van der Waals surface area contributed by atoms with Gasteiger partial charge in [-0.2, -0.15) is 13.2 Å². The van der Waals surface area contributed by atoms with Crippen LogP contribution >= 0.6 is 0 Å². The number of aromatic nitrogens is 1. The number of pyridine rings is 1. The average molecular weight is 367 g/mol. The lowest BCUT2D eigenvalue weighted by atomic mass is 9.80. The highest BCUT2D eigenvalue weighted by atomic mass is 19.4. The molecule has 1 aromatic heterocycles. The van der Waals surface area contributed by atoms with Gasteiger partial charge in [0.25, 0.3) is 0 Å². The molecule has 1 aliphatic rings. The summed E-state index contributed by atoms with van der Waals surface area (Å²) >= 11 is 0. The van der Waals surface area contributed by atoms with Crippen LogP contribution in [0.2, 0.25) is 0 Å². The Bertz CT molecular complexity index is 819. The molecule has 138 valence electrons. The predicted octanol–water partition coefficient (Wildman–Crippen LogP) is 4.35. The molecule has 0 saturated heterocycles. The minimum absolute atomic E-state index is 0.0934. The van der Waals surface area contributed by atoms with Crippen molar-refractivity contribution in [2.24, 2.45) is 0 Å². The quantitative estimate of drug-likeness (QED) is 0.818. The maximum atomic E-state index is 13.2. The molecular weight excluding hydrogens is 350 g/mol. The Labute approximate surface area is 147 Å². The number of nitrogens with zero attached hydrogens (tertiary/aromatic N) is 1. The van der Waals surface area contributed by atoms with Gasteiger partial charge in [-0.1, -0.05) is 12.1 Å². The maximum absolute atomic E-state index is 13.2. The van der Waals surface area contributed by atoms with Crippen molar-refractivity contribution in [3.05, 3.63) is 64.7 Å². The minimum atomic E-state index is -4.67. The van der Waals surface area contributed by atoms with Crippen molar-refractivity contribution < 1.29 is 27.5 Å². The van der Waals surface area contributed by atoms with Crippen LogP contribution < -0.4 is 0 Å². The van der Waals surface area contributed by atoms with E-state index < -0.39 is 29.6 Å². The molecule has 3 nitrogen and oxygen atoms in total. The zero-order chi connectivity index (χ0) is 18.9. The van der Waals surface area contributed by atoms with Crippen molar-refractivity contribution in [3.8, 4) is 0 Å². The smallest absolute Gasteiger partial charge is 0.387 e. The molecule has 0 saturated carbocycles. The highest BCUT2D eigenvalue weighted by molar-refractivity contribution is 5.86. The molecule has 7 heteroatoms. The van der Waals surface area contributed by atoms with Gasteiger partial charge < -0.3 is 5.11 Å². The van der Waals surface area contributed by atoms with Crippen molar-refractivity contribution in [1.82, 2.24) is 4.98 Å². The Morgan fingerprint density at radius 1 is 1.23 bits per heavy atom. The zero-order valence-corrected chi connectivity index (χ0v) is 13.8. The fourth-order valence-electron chi connectivity index (χ4n) is 3.42. The second kappa shape index (κ2) is 7.15. The van der Waals surface area contributed by atoms with E-state index in [0.29, 0.717) is 30.2 Å². The summed E-state index contributed by atoms with van der Waals surface area (Å²) in [5, 5.41) is 9.99. The number of Topliss-reactive ketones (excluding diaryl/α,β-unsaturated/α-hetero) is 1. The van der Waals surface area contributed by atoms with Crippen LogP contribution in [0.25, 0.3) is 0 Å². The standard InChI is InChI=1S/C19H17F4NO2/c20-12-5-3-11(15(10-12)19(21,22)23)4-7-16(25)13-6-8-17(26)18-14(13)2-1-9-24-18/h1-3,5,9-10,13,17,26H,4,6-8H2/t13-,17+/m1/s1. The number of ketones is 1. The van der Waals surface area contributed by atoms with Crippen LogP contribution in [0.5, 0.6) is 0 Å². The van der Waals surface area contributed by atoms with E-state index in [1.54, 1.807) is 12.1 Å². The Morgan fingerprint density at radius 3 is 2.73 bits per heavy atom. The molecule has 0 spiro atoms. The van der Waals surface area contributed by atoms with Crippen LogP contribution in [0, 0.1) is 5.82 Å². The molecule has 26 heavy (non-hydrogen) atoms. The average Bonchev–Trinajstić information content (AvgIpc) is 2.60. The Kier molecular flexibility index (Phi) is 5.09. The van der Waals surface area contributed by atoms with Gasteiger partial charge in [0.1, 0.15) is 11.6 Å². The number of aliphatic hydroxyl groups excluding tert-OH is 1. The number of aliphatic hydroxyl groups is 1. The summed E-state index contributed by atoms with van der Waals surface area (Å²) < 4.78 is 52.4. The molecule has 1 N–H and O–H groups in total. The maximum Gasteiger partial charge on any atom is 0.416 e. The van der Waals surface area contributed by atoms with E-state index in [4.69, 9.17) is 0 Å². The third kappa shape index (κ3) is 3.77. The summed E-state index contributed by atoms with van der Waals surface area (Å²) in [4.78, 5) is 16.7. The number of rotatable bonds is 4. The van der Waals surface area contributed by atoms with E-state index in [1.807, 2.05) is 0 Å². The molecule has 0 bridgehead atoms. The van der Waals surface area contributed by atoms with Gasteiger partial charge in [-0.15, -0.1) is 0 Å². The first-order valence-corrected chi connectivity index (χ1v) is 8.28. The summed E-state index contributed by atoms with van der Waals surface area (Å²) in [6, 6.07) is 5.87. The van der Waals surface area contributed by atoms with E-state index in [9.17, 15) is 27.5 Å². The lowest BCUT2D eigenvalue weighted by molar-refractivity contribution is -0.138. The molecule has 2 aromatic rings. The Balaban J connectivity index is 1.78. The van der Waals surface area contributed by atoms with Crippen LogP contribution in [0.3, 0.4) is 0 Å². The highest BCUT2D eigenvalue weighted by Crippen LogP contribution is 2.38. The Hall–Kier alpha value is -2.28. The van der Waals surface area contributed by atoms with Crippen LogP contribution in [-0.4, -0.2) is 15.9 Å². The number of fused-ring (bicyclic) bond motifs is 1. The second-order valence-corrected chi connectivity index (χ2v) is 6.39. The van der Waals surface area contributed by atoms with Crippen molar-refractivity contribution in [2.45, 2.75) is 43.9 Å². The van der Waals surface area contributed by atoms with Crippen molar-refractivity contribution >= 4 is 5.78 Å². The van der Waals surface area contributed by atoms with Crippen molar-refractivity contribution in [2.75, 3.05) is 0 Å². The van der Waals surface area contributed by atoms with Crippen molar-refractivity contribution in [3.63, 3.8) is 0 Å². The number of halogens is 4. The molecule has 3 rings (SSSR count). The molecule has 1 heterocycles. The monoisotopic (exact) mass is 367 g/mol. The molecular formula is C19H17F4NO2. The van der Waals surface area contributed by atoms with E-state index in [-0.39, 0.29) is 24.2 Å². The number of hydrogen-bond acceptors (Lipinski definition) is 3. The fourth-order valence-corrected chi connectivity index (χ4v) is 3.42. The predicted molar refractivity (Wildman–Crippen MR) is 85.9 cm³/mol. The number of carbonyl (C=O) groups excluding carboxylic acids is 1. The number of carbonyl (C=O) groups is 1. The SMILES string of the molecule is O=C(CCc1ccc(F)cc1C(F)(F)F)[C@@H]1CC[C@H](O)c2ncccc21. The third-order valence-corrected chi connectivity index (χ3v) is 4.70. The van der Waals surface area contributed by atoms with Gasteiger partial charge in [0, 0.05) is 18.5 Å². The molecule has 0 aliphatic heterocycles. The van der Waals surface area contributed by atoms with E-state index >= 15 is 0 Å². The van der Waals surface area contributed by atoms with Crippen LogP contribution in [0.1, 0.15) is 53.7 Å². The summed E-state index contributed by atoms with van der Waals surface area (Å²) in [5.74, 6) is -1.66. The summed E-state index contributed by atoms with van der Waals surface area (Å²) in [6.07, 6.45) is -3.29. The van der Waals surface area contributed by atoms with Gasteiger partial charge in [-0.3, -0.25) is 9.78 Å². The summed E-state index contributed by atoms with van der Waals surface area (Å²) in [5.41, 5.74) is -0.0674. The number of aryl methyl sites for hydroxylation is 1. The van der Waals surface area contributed by atoms with Gasteiger partial charge in [0.05, 0.1) is 17.4 Å². The van der Waals surface area contributed by atoms with Gasteiger partial charge >= 0.3 is 6.18 Å². The van der Waals surface area contributed by atoms with E-state index in [0.717, 1.165) is 12.1 Å². The lowest BCUT2D eigenvalue weighted by Gasteiger charge is -2.27. The molecule has 0 radical (unpaired) electrons. The number of hydrogen-bond donors (Lipinski definition) is 1. The molecule has 1 aliphatic carbocycles. The van der Waals surface area contributed by atoms with Gasteiger partial charge in [-0.25, -0.2) is 4.39 Å². The minimum Gasteiger partial charge on any atom is -0.387 e. The first kappa shape index (κ1) is 18.5. The second-order valence-electron chi connectivity index (χ2n) is 6.39. The highest BCUT2D eigenvalue weighted by Gasteiger charge is 2.35. The lowest BCUT2D eigenvalue weighted by Crippen LogP contribution is -2.22. The van der Waals surface area contributed by atoms with Gasteiger partial charge in [0.2, 0.25) is 0 Å². The van der Waals surface area contributed by atoms with Gasteiger partial charge in [0.15, 0.2) is 0 Å². The van der Waals surface area contributed by atoms with Crippen molar-refractivity contribution in [1.29, 1.82) is 0 Å². The summed E-state index contributed by atoms with van der Waals surface area (Å²) in [7, 11) is 0. The van der Waals surface area contributed by atoms with E-state index in [1.165, 1.54) is 6.20 Å². The number of benzene rings is 1. The van der Waals surface area contributed by atoms with E-state index in [2.05, 4.69) is 4.98 Å². The fraction of sp³-hybridized carbons (Fsp3) is 0.368. The molecule has 2 atom stereocenters. The first-order chi connectivity index (χ1) is 12.3. The first-order valence-electron chi connectivity index (χ1n) is 8.28. The van der Waals surface area contributed by atoms with Crippen LogP contribution in [0.4, 0.5) is 17.6 Å². The number of alkyl halides is 3. The molecule has 0 amide bonds. The van der Waals surface area contributed by atoms with Crippen LogP contribution in [0.15, 0.2) is 36.5 Å². The topological polar surface area (TPSA) is 50.2 Å². The van der Waals surface area contributed by atoms with Gasteiger partial charge in [-0.05, 0) is 48.6 Å².